The lowest BCUT2D eigenvalue weighted by Gasteiger charge is -2.02. The summed E-state index contributed by atoms with van der Waals surface area (Å²) in [6.07, 6.45) is 5.20. The van der Waals surface area contributed by atoms with Crippen LogP contribution in [0.25, 0.3) is 27.4 Å². The second-order valence-corrected chi connectivity index (χ2v) is 5.82. The molecule has 4 aromatic heterocycles. The summed E-state index contributed by atoms with van der Waals surface area (Å²) in [6.45, 7) is 1.82. The fourth-order valence-electron chi connectivity index (χ4n) is 2.28. The lowest BCUT2D eigenvalue weighted by atomic mass is 10.2. The molecule has 23 heavy (non-hydrogen) atoms. The van der Waals surface area contributed by atoms with Crippen LogP contribution in [0.15, 0.2) is 24.7 Å². The molecule has 0 spiro atoms. The molecule has 4 aromatic rings. The highest BCUT2D eigenvalue weighted by molar-refractivity contribution is 7.21. The van der Waals surface area contributed by atoms with Gasteiger partial charge in [-0.15, -0.1) is 12.4 Å². The highest BCUT2D eigenvalue weighted by Gasteiger charge is 2.12. The van der Waals surface area contributed by atoms with Crippen molar-refractivity contribution in [1.82, 2.24) is 24.3 Å². The molecule has 0 bridgehead atoms. The number of rotatable bonds is 2. The molecule has 0 atom stereocenters. The minimum absolute atomic E-state index is 0. The van der Waals surface area contributed by atoms with E-state index in [4.69, 9.17) is 0 Å². The summed E-state index contributed by atoms with van der Waals surface area (Å²) in [6, 6.07) is 1.41. The third kappa shape index (κ3) is 2.60. The molecular formula is C14H12ClFN6S. The van der Waals surface area contributed by atoms with Crippen LogP contribution >= 0.6 is 23.7 Å². The fraction of sp³-hybridized carbons (Fsp3) is 0.143. The van der Waals surface area contributed by atoms with E-state index >= 15 is 0 Å². The van der Waals surface area contributed by atoms with E-state index in [-0.39, 0.29) is 12.4 Å². The largest absolute Gasteiger partial charge is 0.365 e. The molecule has 6 nitrogen and oxygen atoms in total. The second kappa shape index (κ2) is 5.71. The van der Waals surface area contributed by atoms with E-state index in [0.717, 1.165) is 21.2 Å². The maximum absolute atomic E-state index is 14.2. The van der Waals surface area contributed by atoms with Crippen molar-refractivity contribution >= 4 is 44.9 Å². The summed E-state index contributed by atoms with van der Waals surface area (Å²) in [4.78, 5) is 18.0. The first-order chi connectivity index (χ1) is 10.6. The van der Waals surface area contributed by atoms with E-state index < -0.39 is 5.82 Å². The number of pyridine rings is 1. The first-order valence-corrected chi connectivity index (χ1v) is 7.42. The van der Waals surface area contributed by atoms with Crippen LogP contribution in [0.2, 0.25) is 0 Å². The van der Waals surface area contributed by atoms with Gasteiger partial charge in [0, 0.05) is 25.0 Å². The molecule has 0 fully saturated rings. The van der Waals surface area contributed by atoms with E-state index in [1.54, 1.807) is 30.0 Å². The van der Waals surface area contributed by atoms with Crippen molar-refractivity contribution in [2.45, 2.75) is 6.92 Å². The number of aromatic nitrogens is 5. The van der Waals surface area contributed by atoms with Crippen molar-refractivity contribution in [3.05, 3.63) is 36.2 Å². The summed E-state index contributed by atoms with van der Waals surface area (Å²) in [5.41, 5.74) is 2.38. The van der Waals surface area contributed by atoms with Crippen LogP contribution in [-0.4, -0.2) is 31.4 Å². The van der Waals surface area contributed by atoms with Gasteiger partial charge in [-0.3, -0.25) is 0 Å². The Hall–Kier alpha value is -2.32. The van der Waals surface area contributed by atoms with E-state index in [0.29, 0.717) is 17.0 Å². The van der Waals surface area contributed by atoms with E-state index in [1.165, 1.54) is 17.4 Å². The monoisotopic (exact) mass is 350 g/mol. The van der Waals surface area contributed by atoms with E-state index in [1.807, 2.05) is 6.92 Å². The number of nitrogens with one attached hydrogen (secondary N) is 1. The Labute approximate surface area is 140 Å². The Morgan fingerprint density at radius 3 is 2.83 bits per heavy atom. The fourth-order valence-corrected chi connectivity index (χ4v) is 3.05. The van der Waals surface area contributed by atoms with Gasteiger partial charge in [0.1, 0.15) is 10.3 Å². The molecule has 0 saturated carbocycles. The zero-order valence-electron chi connectivity index (χ0n) is 12.2. The van der Waals surface area contributed by atoms with E-state index in [2.05, 4.69) is 25.3 Å². The van der Waals surface area contributed by atoms with Crippen LogP contribution in [0.1, 0.15) is 5.69 Å². The Balaban J connectivity index is 0.00000156. The summed E-state index contributed by atoms with van der Waals surface area (Å²) < 4.78 is 15.8. The molecular weight excluding hydrogens is 339 g/mol. The van der Waals surface area contributed by atoms with E-state index in [9.17, 15) is 4.39 Å². The smallest absolute Gasteiger partial charge is 0.185 e. The van der Waals surface area contributed by atoms with Gasteiger partial charge in [0.2, 0.25) is 0 Å². The number of hydrogen-bond acceptors (Lipinski definition) is 6. The molecule has 0 saturated heterocycles. The highest BCUT2D eigenvalue weighted by Crippen LogP contribution is 2.26. The number of nitrogens with zero attached hydrogens (tertiary/aromatic N) is 5. The normalized spacial score (nSPS) is 10.9. The average molecular weight is 351 g/mol. The summed E-state index contributed by atoms with van der Waals surface area (Å²) in [7, 11) is 1.80. The van der Waals surface area contributed by atoms with Gasteiger partial charge in [0.25, 0.3) is 0 Å². The third-order valence-electron chi connectivity index (χ3n) is 3.25. The summed E-state index contributed by atoms with van der Waals surface area (Å²) >= 11 is 1.43. The maximum atomic E-state index is 14.2. The molecule has 0 aromatic carbocycles. The second-order valence-electron chi connectivity index (χ2n) is 4.84. The molecule has 118 valence electrons. The number of fused-ring (bicyclic) bond motifs is 2. The number of hydrogen-bond donors (Lipinski definition) is 1. The minimum atomic E-state index is -0.394. The van der Waals surface area contributed by atoms with Crippen molar-refractivity contribution in [1.29, 1.82) is 0 Å². The van der Waals surface area contributed by atoms with Gasteiger partial charge < -0.3 is 9.72 Å². The zero-order chi connectivity index (χ0) is 15.3. The predicted octanol–water partition coefficient (Wildman–Crippen LogP) is 3.31. The topological polar surface area (TPSA) is 68.0 Å². The summed E-state index contributed by atoms with van der Waals surface area (Å²) in [5.74, 6) is 0.0699. The van der Waals surface area contributed by atoms with Crippen LogP contribution in [-0.2, 0) is 0 Å². The Kier molecular flexibility index (Phi) is 3.87. The van der Waals surface area contributed by atoms with Gasteiger partial charge in [-0.05, 0) is 13.0 Å². The number of anilines is 1. The van der Waals surface area contributed by atoms with Crippen molar-refractivity contribution in [2.24, 2.45) is 0 Å². The first-order valence-electron chi connectivity index (χ1n) is 6.60. The van der Waals surface area contributed by atoms with Crippen LogP contribution in [0.3, 0.4) is 0 Å². The van der Waals surface area contributed by atoms with Crippen molar-refractivity contribution in [2.75, 3.05) is 12.4 Å². The molecule has 1 N–H and O–H groups in total. The zero-order valence-corrected chi connectivity index (χ0v) is 13.9. The molecule has 0 aliphatic heterocycles. The number of aryl methyl sites for hydroxylation is 1. The molecule has 9 heteroatoms. The standard InChI is InChI=1S/C14H11FN6S.ClH/c1-7-5-21-6-8(3-9(15)12(21)18-7)11-17-4-10-13(20-11)22-14(16-2)19-10;/h3-6H,1-2H3,(H,16,19);1H. The molecule has 4 heterocycles. The molecule has 0 unspecified atom stereocenters. The Bertz CT molecular complexity index is 1010. The van der Waals surface area contributed by atoms with Crippen LogP contribution in [0.4, 0.5) is 9.52 Å². The van der Waals surface area contributed by atoms with Gasteiger partial charge >= 0.3 is 0 Å². The van der Waals surface area contributed by atoms with Gasteiger partial charge in [-0.25, -0.2) is 24.3 Å². The van der Waals surface area contributed by atoms with Gasteiger partial charge in [0.15, 0.2) is 22.4 Å². The van der Waals surface area contributed by atoms with Crippen LogP contribution in [0.5, 0.6) is 0 Å². The van der Waals surface area contributed by atoms with Crippen molar-refractivity contribution in [3.63, 3.8) is 0 Å². The first kappa shape index (κ1) is 15.6. The lowest BCUT2D eigenvalue weighted by Crippen LogP contribution is -1.94. The lowest BCUT2D eigenvalue weighted by molar-refractivity contribution is 0.630. The van der Waals surface area contributed by atoms with Crippen LogP contribution < -0.4 is 5.32 Å². The predicted molar refractivity (Wildman–Crippen MR) is 90.9 cm³/mol. The Morgan fingerprint density at radius 2 is 2.04 bits per heavy atom. The maximum Gasteiger partial charge on any atom is 0.185 e. The highest BCUT2D eigenvalue weighted by atomic mass is 35.5. The molecule has 0 aliphatic rings. The van der Waals surface area contributed by atoms with Gasteiger partial charge in [0.05, 0.1) is 11.9 Å². The van der Waals surface area contributed by atoms with Crippen molar-refractivity contribution < 1.29 is 4.39 Å². The molecule has 0 radical (unpaired) electrons. The number of halogens is 2. The van der Waals surface area contributed by atoms with Crippen LogP contribution in [0, 0.1) is 12.7 Å². The Morgan fingerprint density at radius 1 is 1.22 bits per heavy atom. The molecule has 4 rings (SSSR count). The number of imidazole rings is 1. The number of thiazole rings is 1. The molecule has 0 amide bonds. The minimum Gasteiger partial charge on any atom is -0.365 e. The average Bonchev–Trinajstić information content (AvgIpc) is 3.08. The quantitative estimate of drug-likeness (QED) is 0.600. The third-order valence-corrected chi connectivity index (χ3v) is 4.23. The molecule has 0 aliphatic carbocycles. The van der Waals surface area contributed by atoms with Crippen molar-refractivity contribution in [3.8, 4) is 11.4 Å². The SMILES string of the molecule is CNc1nc2cnc(-c3cc(F)c4nc(C)cn4c3)nc2s1.Cl. The van der Waals surface area contributed by atoms with Gasteiger partial charge in [-0.1, -0.05) is 11.3 Å². The summed E-state index contributed by atoms with van der Waals surface area (Å²) in [5, 5.41) is 3.75. The van der Waals surface area contributed by atoms with Gasteiger partial charge in [-0.2, -0.15) is 0 Å².